The molecule has 0 aliphatic carbocycles. The Morgan fingerprint density at radius 1 is 1.40 bits per heavy atom. The van der Waals surface area contributed by atoms with Gasteiger partial charge in [0.1, 0.15) is 0 Å². The second-order valence-corrected chi connectivity index (χ2v) is 5.13. The minimum absolute atomic E-state index is 0.0886. The van der Waals surface area contributed by atoms with Gasteiger partial charge in [0.2, 0.25) is 0 Å². The van der Waals surface area contributed by atoms with Crippen molar-refractivity contribution in [2.24, 2.45) is 5.73 Å². The van der Waals surface area contributed by atoms with Crippen LogP contribution in [0.4, 0.5) is 0 Å². The second kappa shape index (κ2) is 5.83. The summed E-state index contributed by atoms with van der Waals surface area (Å²) in [5.41, 5.74) is 5.69. The molecule has 1 unspecified atom stereocenters. The molecular weight excluding hydrogens is 188 g/mol. The van der Waals surface area contributed by atoms with E-state index in [1.54, 1.807) is 0 Å². The monoisotopic (exact) mass is 214 g/mol. The number of nitrogens with two attached hydrogens (primary N) is 1. The third-order valence-electron chi connectivity index (χ3n) is 3.00. The molecular formula is C12H26N2O. The lowest BCUT2D eigenvalue weighted by Crippen LogP contribution is -2.37. The first-order valence-corrected chi connectivity index (χ1v) is 6.17. The zero-order chi connectivity index (χ0) is 11.3. The number of hydrogen-bond acceptors (Lipinski definition) is 3. The van der Waals surface area contributed by atoms with Crippen LogP contribution in [0.2, 0.25) is 0 Å². The van der Waals surface area contributed by atoms with Crippen molar-refractivity contribution >= 4 is 0 Å². The van der Waals surface area contributed by atoms with Crippen LogP contribution >= 0.6 is 0 Å². The quantitative estimate of drug-likeness (QED) is 0.730. The molecule has 1 aliphatic rings. The van der Waals surface area contributed by atoms with Crippen LogP contribution in [0.15, 0.2) is 0 Å². The van der Waals surface area contributed by atoms with Crippen LogP contribution in [0.3, 0.4) is 0 Å². The molecule has 1 aliphatic heterocycles. The summed E-state index contributed by atoms with van der Waals surface area (Å²) in [7, 11) is 0. The first-order chi connectivity index (χ1) is 7.07. The van der Waals surface area contributed by atoms with Crippen molar-refractivity contribution in [2.45, 2.75) is 51.7 Å². The van der Waals surface area contributed by atoms with Gasteiger partial charge in [-0.15, -0.1) is 0 Å². The molecule has 0 saturated carbocycles. The van der Waals surface area contributed by atoms with Gasteiger partial charge in [0.25, 0.3) is 0 Å². The highest BCUT2D eigenvalue weighted by Gasteiger charge is 2.32. The maximum atomic E-state index is 5.99. The van der Waals surface area contributed by atoms with E-state index in [0.717, 1.165) is 26.2 Å². The molecule has 2 N–H and O–H groups in total. The van der Waals surface area contributed by atoms with E-state index in [0.29, 0.717) is 6.10 Å². The molecule has 1 rings (SSSR count). The lowest BCUT2D eigenvalue weighted by molar-refractivity contribution is -0.0283. The van der Waals surface area contributed by atoms with Gasteiger partial charge in [0.15, 0.2) is 0 Å². The Balaban J connectivity index is 2.32. The highest BCUT2D eigenvalue weighted by atomic mass is 16.5. The molecule has 15 heavy (non-hydrogen) atoms. The molecule has 1 saturated heterocycles. The van der Waals surface area contributed by atoms with Gasteiger partial charge in [-0.2, -0.15) is 0 Å². The van der Waals surface area contributed by atoms with Crippen molar-refractivity contribution in [1.82, 2.24) is 4.90 Å². The summed E-state index contributed by atoms with van der Waals surface area (Å²) < 4.78 is 5.99. The summed E-state index contributed by atoms with van der Waals surface area (Å²) in [6.45, 7) is 10.5. The Morgan fingerprint density at radius 3 is 2.60 bits per heavy atom. The molecule has 3 heteroatoms. The van der Waals surface area contributed by atoms with Crippen molar-refractivity contribution in [2.75, 3.05) is 26.2 Å². The lowest BCUT2D eigenvalue weighted by Gasteiger charge is -2.26. The number of ether oxygens (including phenoxy) is 1. The Bertz CT molecular complexity index is 176. The van der Waals surface area contributed by atoms with E-state index in [4.69, 9.17) is 10.5 Å². The molecule has 0 aromatic carbocycles. The van der Waals surface area contributed by atoms with E-state index in [2.05, 4.69) is 25.7 Å². The Morgan fingerprint density at radius 2 is 2.13 bits per heavy atom. The smallest absolute Gasteiger partial charge is 0.0710 e. The summed E-state index contributed by atoms with van der Waals surface area (Å²) in [6.07, 6.45) is 3.98. The van der Waals surface area contributed by atoms with Crippen LogP contribution in [-0.2, 0) is 4.74 Å². The zero-order valence-electron chi connectivity index (χ0n) is 10.5. The minimum Gasteiger partial charge on any atom is -0.371 e. The van der Waals surface area contributed by atoms with Crippen LogP contribution in [0.1, 0.15) is 40.0 Å². The van der Waals surface area contributed by atoms with E-state index in [-0.39, 0.29) is 5.60 Å². The SMILES string of the molecule is CCCN(CCN)CC1CCC(C)(C)O1. The Hall–Kier alpha value is -0.120. The summed E-state index contributed by atoms with van der Waals surface area (Å²) >= 11 is 0. The van der Waals surface area contributed by atoms with E-state index >= 15 is 0 Å². The predicted molar refractivity (Wildman–Crippen MR) is 64.0 cm³/mol. The van der Waals surface area contributed by atoms with E-state index in [1.807, 2.05) is 0 Å². The average Bonchev–Trinajstić information content (AvgIpc) is 2.46. The Labute approximate surface area is 94.0 Å². The molecule has 0 spiro atoms. The first kappa shape index (κ1) is 12.9. The van der Waals surface area contributed by atoms with E-state index in [1.165, 1.54) is 19.3 Å². The zero-order valence-corrected chi connectivity index (χ0v) is 10.5. The van der Waals surface area contributed by atoms with Gasteiger partial charge in [0, 0.05) is 19.6 Å². The van der Waals surface area contributed by atoms with Crippen LogP contribution in [0.5, 0.6) is 0 Å². The van der Waals surface area contributed by atoms with E-state index in [9.17, 15) is 0 Å². The van der Waals surface area contributed by atoms with Crippen LogP contribution in [-0.4, -0.2) is 42.8 Å². The molecule has 0 aromatic heterocycles. The summed E-state index contributed by atoms with van der Waals surface area (Å²) in [4.78, 5) is 2.42. The molecule has 0 amide bonds. The van der Waals surface area contributed by atoms with Crippen molar-refractivity contribution in [1.29, 1.82) is 0 Å². The highest BCUT2D eigenvalue weighted by molar-refractivity contribution is 4.82. The average molecular weight is 214 g/mol. The molecule has 0 radical (unpaired) electrons. The van der Waals surface area contributed by atoms with Gasteiger partial charge < -0.3 is 10.5 Å². The maximum absolute atomic E-state index is 5.99. The van der Waals surface area contributed by atoms with Gasteiger partial charge in [-0.1, -0.05) is 6.92 Å². The topological polar surface area (TPSA) is 38.5 Å². The van der Waals surface area contributed by atoms with Crippen molar-refractivity contribution in [3.8, 4) is 0 Å². The first-order valence-electron chi connectivity index (χ1n) is 6.17. The molecule has 0 bridgehead atoms. The van der Waals surface area contributed by atoms with Gasteiger partial charge in [-0.25, -0.2) is 0 Å². The molecule has 1 heterocycles. The summed E-state index contributed by atoms with van der Waals surface area (Å²) in [6, 6.07) is 0. The standard InChI is InChI=1S/C12H26N2O/c1-4-8-14(9-7-13)10-11-5-6-12(2,3)15-11/h11H,4-10,13H2,1-3H3. The maximum Gasteiger partial charge on any atom is 0.0710 e. The van der Waals surface area contributed by atoms with Crippen LogP contribution in [0, 0.1) is 0 Å². The molecule has 1 fully saturated rings. The van der Waals surface area contributed by atoms with Crippen LogP contribution in [0.25, 0.3) is 0 Å². The molecule has 0 aromatic rings. The van der Waals surface area contributed by atoms with Gasteiger partial charge in [-0.3, -0.25) is 4.90 Å². The summed E-state index contributed by atoms with van der Waals surface area (Å²) in [5.74, 6) is 0. The van der Waals surface area contributed by atoms with Gasteiger partial charge >= 0.3 is 0 Å². The summed E-state index contributed by atoms with van der Waals surface area (Å²) in [5, 5.41) is 0. The molecule has 1 atom stereocenters. The fourth-order valence-corrected chi connectivity index (χ4v) is 2.29. The fourth-order valence-electron chi connectivity index (χ4n) is 2.29. The second-order valence-electron chi connectivity index (χ2n) is 5.13. The minimum atomic E-state index is 0.0886. The fraction of sp³-hybridized carbons (Fsp3) is 1.00. The number of hydrogen-bond donors (Lipinski definition) is 1. The molecule has 90 valence electrons. The van der Waals surface area contributed by atoms with E-state index < -0.39 is 0 Å². The highest BCUT2D eigenvalue weighted by Crippen LogP contribution is 2.29. The van der Waals surface area contributed by atoms with Crippen molar-refractivity contribution in [3.63, 3.8) is 0 Å². The molecule has 3 nitrogen and oxygen atoms in total. The van der Waals surface area contributed by atoms with Gasteiger partial charge in [-0.05, 0) is 39.7 Å². The Kier molecular flexibility index (Phi) is 5.03. The third kappa shape index (κ3) is 4.49. The normalized spacial score (nSPS) is 25.0. The number of nitrogens with zero attached hydrogens (tertiary/aromatic N) is 1. The van der Waals surface area contributed by atoms with Crippen molar-refractivity contribution < 1.29 is 4.74 Å². The number of rotatable bonds is 6. The lowest BCUT2D eigenvalue weighted by atomic mass is 10.1. The van der Waals surface area contributed by atoms with Gasteiger partial charge in [0.05, 0.1) is 11.7 Å². The van der Waals surface area contributed by atoms with Crippen molar-refractivity contribution in [3.05, 3.63) is 0 Å². The largest absolute Gasteiger partial charge is 0.371 e. The predicted octanol–water partition coefficient (Wildman–Crippen LogP) is 1.61. The third-order valence-corrected chi connectivity index (χ3v) is 3.00. The van der Waals surface area contributed by atoms with Crippen LogP contribution < -0.4 is 5.73 Å².